The summed E-state index contributed by atoms with van der Waals surface area (Å²) in [6, 6.07) is 9.68. The normalized spacial score (nSPS) is 17.8. The van der Waals surface area contributed by atoms with Crippen LogP contribution in [0.15, 0.2) is 47.1 Å². The quantitative estimate of drug-likeness (QED) is 0.862. The van der Waals surface area contributed by atoms with Crippen LogP contribution in [0.3, 0.4) is 0 Å². The standard InChI is InChI=1S/C19H24FN3O2.ClH/c1-14(2)18-13-22(12-17-4-3-11-25-17)9-10-23(18)19(24)21-16-7-5-15(20)6-8-16;/h3-8,11,14,18H,9-10,12-13H2,1-2H3,(H,21,24);1H/t18-;/m1./s1. The molecule has 3 rings (SSSR count). The van der Waals surface area contributed by atoms with E-state index in [4.69, 9.17) is 4.42 Å². The van der Waals surface area contributed by atoms with Crippen molar-refractivity contribution in [3.8, 4) is 0 Å². The topological polar surface area (TPSA) is 48.7 Å². The second kappa shape index (κ2) is 9.05. The average molecular weight is 382 g/mol. The highest BCUT2D eigenvalue weighted by Gasteiger charge is 2.32. The average Bonchev–Trinajstić information content (AvgIpc) is 3.09. The number of anilines is 1. The zero-order valence-electron chi connectivity index (χ0n) is 15.0. The van der Waals surface area contributed by atoms with Crippen LogP contribution in [0.25, 0.3) is 0 Å². The molecule has 1 aliphatic heterocycles. The van der Waals surface area contributed by atoms with Gasteiger partial charge >= 0.3 is 6.03 Å². The molecule has 5 nitrogen and oxygen atoms in total. The van der Waals surface area contributed by atoms with Crippen molar-refractivity contribution in [3.05, 3.63) is 54.2 Å². The van der Waals surface area contributed by atoms with Crippen LogP contribution in [-0.4, -0.2) is 41.5 Å². The number of halogens is 2. The number of piperazine rings is 1. The summed E-state index contributed by atoms with van der Waals surface area (Å²) in [5.74, 6) is 0.953. The molecular formula is C19H25ClFN3O2. The summed E-state index contributed by atoms with van der Waals surface area (Å²) in [7, 11) is 0. The van der Waals surface area contributed by atoms with Crippen LogP contribution in [0, 0.1) is 11.7 Å². The van der Waals surface area contributed by atoms with Crippen molar-refractivity contribution in [2.75, 3.05) is 25.0 Å². The third kappa shape index (κ3) is 4.99. The highest BCUT2D eigenvalue weighted by Crippen LogP contribution is 2.20. The van der Waals surface area contributed by atoms with Gasteiger partial charge in [0.2, 0.25) is 0 Å². The first-order chi connectivity index (χ1) is 12.0. The van der Waals surface area contributed by atoms with Gasteiger partial charge in [0.25, 0.3) is 0 Å². The van der Waals surface area contributed by atoms with E-state index in [9.17, 15) is 9.18 Å². The second-order valence-electron chi connectivity index (χ2n) is 6.76. The molecule has 0 unspecified atom stereocenters. The van der Waals surface area contributed by atoms with Gasteiger partial charge in [0.05, 0.1) is 12.8 Å². The van der Waals surface area contributed by atoms with Gasteiger partial charge in [-0.3, -0.25) is 4.90 Å². The van der Waals surface area contributed by atoms with E-state index in [0.29, 0.717) is 18.2 Å². The summed E-state index contributed by atoms with van der Waals surface area (Å²) in [5, 5.41) is 2.87. The molecule has 7 heteroatoms. The lowest BCUT2D eigenvalue weighted by atomic mass is 9.99. The number of hydrogen-bond acceptors (Lipinski definition) is 3. The van der Waals surface area contributed by atoms with E-state index in [-0.39, 0.29) is 30.3 Å². The fraction of sp³-hybridized carbons (Fsp3) is 0.421. The second-order valence-corrected chi connectivity index (χ2v) is 6.76. The number of urea groups is 1. The monoisotopic (exact) mass is 381 g/mol. The highest BCUT2D eigenvalue weighted by molar-refractivity contribution is 5.89. The maximum atomic E-state index is 13.0. The Bertz CT molecular complexity index is 691. The lowest BCUT2D eigenvalue weighted by Crippen LogP contribution is -2.57. The van der Waals surface area contributed by atoms with E-state index in [1.54, 1.807) is 18.4 Å². The van der Waals surface area contributed by atoms with E-state index in [0.717, 1.165) is 25.4 Å². The van der Waals surface area contributed by atoms with E-state index in [1.807, 2.05) is 17.0 Å². The maximum absolute atomic E-state index is 13.0. The van der Waals surface area contributed by atoms with Crippen LogP contribution in [0.2, 0.25) is 0 Å². The van der Waals surface area contributed by atoms with Crippen molar-refractivity contribution in [3.63, 3.8) is 0 Å². The Kier molecular flexibility index (Phi) is 7.06. The van der Waals surface area contributed by atoms with Gasteiger partial charge < -0.3 is 14.6 Å². The highest BCUT2D eigenvalue weighted by atomic mass is 35.5. The number of amides is 2. The fourth-order valence-corrected chi connectivity index (χ4v) is 3.19. The molecule has 2 heterocycles. The lowest BCUT2D eigenvalue weighted by molar-refractivity contribution is 0.0701. The molecule has 2 aromatic rings. The number of rotatable bonds is 4. The number of carbonyl (C=O) groups is 1. The lowest BCUT2D eigenvalue weighted by Gasteiger charge is -2.43. The smallest absolute Gasteiger partial charge is 0.322 e. The van der Waals surface area contributed by atoms with Gasteiger partial charge in [0.15, 0.2) is 0 Å². The summed E-state index contributed by atoms with van der Waals surface area (Å²) >= 11 is 0. The molecule has 1 atom stereocenters. The van der Waals surface area contributed by atoms with Crippen molar-refractivity contribution in [2.24, 2.45) is 5.92 Å². The number of benzene rings is 1. The van der Waals surface area contributed by atoms with Gasteiger partial charge in [-0.25, -0.2) is 9.18 Å². The summed E-state index contributed by atoms with van der Waals surface area (Å²) < 4.78 is 18.4. The van der Waals surface area contributed by atoms with E-state index < -0.39 is 0 Å². The predicted octanol–water partition coefficient (Wildman–Crippen LogP) is 4.21. The molecule has 1 fully saturated rings. The first-order valence-electron chi connectivity index (χ1n) is 8.61. The molecule has 26 heavy (non-hydrogen) atoms. The molecule has 142 valence electrons. The van der Waals surface area contributed by atoms with Gasteiger partial charge in [0, 0.05) is 31.4 Å². The van der Waals surface area contributed by atoms with E-state index >= 15 is 0 Å². The minimum atomic E-state index is -0.315. The van der Waals surface area contributed by atoms with Crippen LogP contribution in [0.4, 0.5) is 14.9 Å². The SMILES string of the molecule is CC(C)[C@H]1CN(Cc2ccco2)CCN1C(=O)Nc1ccc(F)cc1.Cl. The summed E-state index contributed by atoms with van der Waals surface area (Å²) in [6.45, 7) is 7.24. The Morgan fingerprint density at radius 1 is 1.27 bits per heavy atom. The van der Waals surface area contributed by atoms with Gasteiger partial charge in [-0.1, -0.05) is 13.8 Å². The Hall–Kier alpha value is -2.05. The van der Waals surface area contributed by atoms with Crippen LogP contribution in [-0.2, 0) is 6.54 Å². The third-order valence-electron chi connectivity index (χ3n) is 4.59. The number of carbonyl (C=O) groups excluding carboxylic acids is 1. The van der Waals surface area contributed by atoms with Gasteiger partial charge in [-0.15, -0.1) is 12.4 Å². The molecule has 1 aromatic heterocycles. The third-order valence-corrected chi connectivity index (χ3v) is 4.59. The number of nitrogens with one attached hydrogen (secondary N) is 1. The molecule has 0 bridgehead atoms. The largest absolute Gasteiger partial charge is 0.468 e. The van der Waals surface area contributed by atoms with Crippen molar-refractivity contribution in [2.45, 2.75) is 26.4 Å². The summed E-state index contributed by atoms with van der Waals surface area (Å²) in [4.78, 5) is 16.9. The van der Waals surface area contributed by atoms with E-state index in [1.165, 1.54) is 12.1 Å². The fourth-order valence-electron chi connectivity index (χ4n) is 3.19. The molecule has 0 saturated carbocycles. The molecule has 1 saturated heterocycles. The molecule has 0 radical (unpaired) electrons. The molecule has 0 aliphatic carbocycles. The van der Waals surface area contributed by atoms with Gasteiger partial charge in [-0.2, -0.15) is 0 Å². The van der Waals surface area contributed by atoms with Crippen LogP contribution < -0.4 is 5.32 Å². The predicted molar refractivity (Wildman–Crippen MR) is 102 cm³/mol. The molecule has 1 N–H and O–H groups in total. The minimum absolute atomic E-state index is 0. The van der Waals surface area contributed by atoms with Crippen molar-refractivity contribution in [1.29, 1.82) is 0 Å². The zero-order valence-corrected chi connectivity index (χ0v) is 15.8. The Morgan fingerprint density at radius 3 is 2.62 bits per heavy atom. The number of nitrogens with zero attached hydrogens (tertiary/aromatic N) is 2. The van der Waals surface area contributed by atoms with Crippen molar-refractivity contribution in [1.82, 2.24) is 9.80 Å². The Balaban J connectivity index is 0.00000243. The van der Waals surface area contributed by atoms with E-state index in [2.05, 4.69) is 24.1 Å². The first kappa shape index (κ1) is 20.3. The number of hydrogen-bond donors (Lipinski definition) is 1. The Morgan fingerprint density at radius 2 is 2.00 bits per heavy atom. The maximum Gasteiger partial charge on any atom is 0.322 e. The molecule has 0 spiro atoms. The first-order valence-corrected chi connectivity index (χ1v) is 8.61. The van der Waals surface area contributed by atoms with Crippen LogP contribution in [0.1, 0.15) is 19.6 Å². The van der Waals surface area contributed by atoms with Crippen molar-refractivity contribution < 1.29 is 13.6 Å². The zero-order chi connectivity index (χ0) is 17.8. The number of furan rings is 1. The molecule has 2 amide bonds. The summed E-state index contributed by atoms with van der Waals surface area (Å²) in [6.07, 6.45) is 1.68. The summed E-state index contributed by atoms with van der Waals surface area (Å²) in [5.41, 5.74) is 0.604. The van der Waals surface area contributed by atoms with Gasteiger partial charge in [0.1, 0.15) is 11.6 Å². The van der Waals surface area contributed by atoms with Crippen molar-refractivity contribution >= 4 is 24.1 Å². The van der Waals surface area contributed by atoms with Crippen LogP contribution in [0.5, 0.6) is 0 Å². The van der Waals surface area contributed by atoms with Gasteiger partial charge in [-0.05, 0) is 42.3 Å². The molecular weight excluding hydrogens is 357 g/mol. The van der Waals surface area contributed by atoms with Crippen LogP contribution >= 0.6 is 12.4 Å². The molecule has 1 aliphatic rings. The minimum Gasteiger partial charge on any atom is -0.468 e. The molecule has 1 aromatic carbocycles. The Labute approximate surface area is 159 Å².